The van der Waals surface area contributed by atoms with Crippen molar-refractivity contribution in [3.05, 3.63) is 68.7 Å². The fourth-order valence-corrected chi connectivity index (χ4v) is 4.68. The molecule has 0 bridgehead atoms. The van der Waals surface area contributed by atoms with Crippen LogP contribution in [0.3, 0.4) is 0 Å². The van der Waals surface area contributed by atoms with E-state index < -0.39 is 15.8 Å². The lowest BCUT2D eigenvalue weighted by molar-refractivity contribution is -0.138. The molecule has 0 aliphatic carbocycles. The van der Waals surface area contributed by atoms with E-state index in [0.717, 1.165) is 17.8 Å². The van der Waals surface area contributed by atoms with E-state index in [1.807, 2.05) is 0 Å². The molecule has 0 atom stereocenters. The second kappa shape index (κ2) is 10.6. The zero-order chi connectivity index (χ0) is 24.2. The van der Waals surface area contributed by atoms with Crippen molar-refractivity contribution in [3.8, 4) is 11.4 Å². The number of nitrogens with two attached hydrogens (primary N) is 1. The van der Waals surface area contributed by atoms with Crippen molar-refractivity contribution < 1.29 is 17.9 Å². The number of aliphatic imine (C=N–C) groups is 1. The number of hydrogen-bond acceptors (Lipinski definition) is 9. The van der Waals surface area contributed by atoms with E-state index in [1.54, 1.807) is 43.3 Å². The summed E-state index contributed by atoms with van der Waals surface area (Å²) in [5, 5.41) is 0.712. The van der Waals surface area contributed by atoms with Gasteiger partial charge in [0.2, 0.25) is 0 Å². The van der Waals surface area contributed by atoms with E-state index in [2.05, 4.69) is 30.3 Å². The Hall–Kier alpha value is -2.60. The van der Waals surface area contributed by atoms with Gasteiger partial charge in [-0.1, -0.05) is 35.9 Å². The number of para-hydroxylation sites is 1. The number of hydrogen-bond donors (Lipinski definition) is 1. The third kappa shape index (κ3) is 6.05. The zero-order valence-electron chi connectivity index (χ0n) is 17.5. The average Bonchev–Trinajstić information content (AvgIpc) is 3.27. The highest BCUT2D eigenvalue weighted by Gasteiger charge is 2.22. The number of ether oxygens (including phenoxy) is 1. The predicted molar refractivity (Wildman–Crippen MR) is 133 cm³/mol. The highest BCUT2D eigenvalue weighted by Crippen LogP contribution is 2.30. The summed E-state index contributed by atoms with van der Waals surface area (Å²) in [4.78, 5) is 21.4. The monoisotopic (exact) mass is 568 g/mol. The van der Waals surface area contributed by atoms with E-state index >= 15 is 0 Å². The molecular weight excluding hydrogens is 552 g/mol. The third-order valence-corrected chi connectivity index (χ3v) is 7.13. The number of sulfone groups is 1. The van der Waals surface area contributed by atoms with Crippen LogP contribution in [0.5, 0.6) is 0 Å². The number of carbonyl (C=O) groups is 1. The van der Waals surface area contributed by atoms with Crippen LogP contribution in [0.25, 0.3) is 11.4 Å². The maximum Gasteiger partial charge on any atom is 0.355 e. The molecule has 3 rings (SSSR count). The Balaban J connectivity index is 2.14. The standard InChI is InChI=1S/C21H18BrClN4O4S2/c1-3-31-21(28)17(24)16(22)18(25-15-10-5-4-9-14(15)23)20-26-19(27-32-20)12-7-6-8-13(11-12)33(2,29)30/h4-11H,3,24H2,1-2H3. The molecular formula is C21H18BrClN4O4S2. The maximum atomic E-state index is 12.2. The van der Waals surface area contributed by atoms with Crippen LogP contribution in [0.1, 0.15) is 11.9 Å². The van der Waals surface area contributed by atoms with E-state index in [1.165, 1.54) is 12.1 Å². The number of nitrogens with zero attached hydrogens (tertiary/aromatic N) is 3. The molecule has 172 valence electrons. The maximum absolute atomic E-state index is 12.2. The van der Waals surface area contributed by atoms with Gasteiger partial charge in [-0.15, -0.1) is 0 Å². The van der Waals surface area contributed by atoms with Crippen LogP contribution in [-0.4, -0.2) is 42.3 Å². The van der Waals surface area contributed by atoms with Crippen molar-refractivity contribution in [2.75, 3.05) is 12.9 Å². The van der Waals surface area contributed by atoms with Crippen LogP contribution in [0, 0.1) is 0 Å². The summed E-state index contributed by atoms with van der Waals surface area (Å²) in [5.74, 6) is -0.427. The molecule has 3 aromatic rings. The summed E-state index contributed by atoms with van der Waals surface area (Å²) in [6.45, 7) is 1.82. The van der Waals surface area contributed by atoms with Gasteiger partial charge in [0.1, 0.15) is 11.4 Å². The fourth-order valence-electron chi connectivity index (χ4n) is 2.58. The van der Waals surface area contributed by atoms with E-state index in [9.17, 15) is 13.2 Å². The van der Waals surface area contributed by atoms with E-state index in [4.69, 9.17) is 22.1 Å². The van der Waals surface area contributed by atoms with Crippen molar-refractivity contribution in [3.63, 3.8) is 0 Å². The molecule has 0 saturated heterocycles. The van der Waals surface area contributed by atoms with Gasteiger partial charge in [0.15, 0.2) is 20.7 Å². The summed E-state index contributed by atoms with van der Waals surface area (Å²) < 4.78 is 33.3. The quantitative estimate of drug-likeness (QED) is 0.252. The highest BCUT2D eigenvalue weighted by molar-refractivity contribution is 9.12. The SMILES string of the molecule is CCOC(=O)C(N)=C(Br)C(=Nc1ccccc1Cl)c1nc(-c2cccc(S(C)(=O)=O)c2)ns1. The normalized spacial score (nSPS) is 12.9. The molecule has 0 spiro atoms. The molecule has 0 aliphatic heterocycles. The molecule has 0 saturated carbocycles. The number of aromatic nitrogens is 2. The number of esters is 1. The molecule has 0 fully saturated rings. The number of halogens is 2. The highest BCUT2D eigenvalue weighted by atomic mass is 79.9. The van der Waals surface area contributed by atoms with Crippen molar-refractivity contribution in [2.24, 2.45) is 10.7 Å². The molecule has 0 aliphatic rings. The molecule has 2 aromatic carbocycles. The van der Waals surface area contributed by atoms with Crippen molar-refractivity contribution in [1.82, 2.24) is 9.36 Å². The Morgan fingerprint density at radius 3 is 2.64 bits per heavy atom. The average molecular weight is 570 g/mol. The molecule has 12 heteroatoms. The van der Waals surface area contributed by atoms with Gasteiger partial charge < -0.3 is 10.5 Å². The second-order valence-corrected chi connectivity index (χ2v) is 10.6. The number of carbonyl (C=O) groups excluding carboxylic acids is 1. The van der Waals surface area contributed by atoms with Gasteiger partial charge in [-0.05, 0) is 58.7 Å². The predicted octanol–water partition coefficient (Wildman–Crippen LogP) is 4.51. The van der Waals surface area contributed by atoms with Gasteiger partial charge in [-0.25, -0.2) is 23.2 Å². The van der Waals surface area contributed by atoms with Gasteiger partial charge >= 0.3 is 5.97 Å². The number of allylic oxidation sites excluding steroid dienone is 1. The molecule has 1 aromatic heterocycles. The van der Waals surface area contributed by atoms with Crippen molar-refractivity contribution >= 4 is 66.3 Å². The Morgan fingerprint density at radius 2 is 1.97 bits per heavy atom. The van der Waals surface area contributed by atoms with Crippen LogP contribution >= 0.6 is 39.1 Å². The smallest absolute Gasteiger partial charge is 0.355 e. The topological polar surface area (TPSA) is 125 Å². The molecule has 0 radical (unpaired) electrons. The summed E-state index contributed by atoms with van der Waals surface area (Å²) in [6, 6.07) is 13.2. The Morgan fingerprint density at radius 1 is 1.24 bits per heavy atom. The lowest BCUT2D eigenvalue weighted by Gasteiger charge is -2.08. The first-order valence-corrected chi connectivity index (χ1v) is 13.3. The first-order valence-electron chi connectivity index (χ1n) is 9.42. The summed E-state index contributed by atoms with van der Waals surface area (Å²) in [5.41, 5.74) is 6.96. The van der Waals surface area contributed by atoms with Crippen LogP contribution in [-0.2, 0) is 19.4 Å². The lowest BCUT2D eigenvalue weighted by atomic mass is 10.2. The Kier molecular flexibility index (Phi) is 8.01. The Bertz CT molecular complexity index is 1370. The van der Waals surface area contributed by atoms with Crippen LogP contribution in [0.2, 0.25) is 5.02 Å². The van der Waals surface area contributed by atoms with Gasteiger partial charge in [0, 0.05) is 11.8 Å². The minimum Gasteiger partial charge on any atom is -0.461 e. The number of rotatable bonds is 7. The summed E-state index contributed by atoms with van der Waals surface area (Å²) in [6.07, 6.45) is 1.13. The Labute approximate surface area is 208 Å². The van der Waals surface area contributed by atoms with E-state index in [-0.39, 0.29) is 27.4 Å². The zero-order valence-corrected chi connectivity index (χ0v) is 21.4. The van der Waals surface area contributed by atoms with Crippen LogP contribution in [0.4, 0.5) is 5.69 Å². The van der Waals surface area contributed by atoms with Gasteiger partial charge in [-0.3, -0.25) is 0 Å². The molecule has 33 heavy (non-hydrogen) atoms. The van der Waals surface area contributed by atoms with Crippen LogP contribution < -0.4 is 5.73 Å². The van der Waals surface area contributed by atoms with Crippen molar-refractivity contribution in [1.29, 1.82) is 0 Å². The molecule has 0 unspecified atom stereocenters. The van der Waals surface area contributed by atoms with E-state index in [0.29, 0.717) is 27.1 Å². The molecule has 1 heterocycles. The summed E-state index contributed by atoms with van der Waals surface area (Å²) in [7, 11) is -3.40. The number of benzene rings is 2. The molecule has 2 N–H and O–H groups in total. The largest absolute Gasteiger partial charge is 0.461 e. The lowest BCUT2D eigenvalue weighted by Crippen LogP contribution is -2.19. The van der Waals surface area contributed by atoms with Gasteiger partial charge in [0.05, 0.1) is 26.7 Å². The summed E-state index contributed by atoms with van der Waals surface area (Å²) >= 11 is 10.6. The van der Waals surface area contributed by atoms with Crippen molar-refractivity contribution in [2.45, 2.75) is 11.8 Å². The second-order valence-electron chi connectivity index (χ2n) is 6.58. The fraction of sp³-hybridized carbons (Fsp3) is 0.143. The first kappa shape index (κ1) is 25.0. The third-order valence-electron chi connectivity index (χ3n) is 4.17. The van der Waals surface area contributed by atoms with Gasteiger partial charge in [0.25, 0.3) is 0 Å². The first-order chi connectivity index (χ1) is 15.6. The van der Waals surface area contributed by atoms with Gasteiger partial charge in [-0.2, -0.15) is 4.37 Å². The van der Waals surface area contributed by atoms with Crippen LogP contribution in [0.15, 0.2) is 68.6 Å². The molecule has 0 amide bonds. The molecule has 8 nitrogen and oxygen atoms in total. The minimum absolute atomic E-state index is 0.147. The minimum atomic E-state index is -3.40.